The quantitative estimate of drug-likeness (QED) is 0.540. The zero-order chi connectivity index (χ0) is 22.8. The number of primary amides is 1. The van der Waals surface area contributed by atoms with Crippen LogP contribution in [0.15, 0.2) is 6.20 Å². The first-order chi connectivity index (χ1) is 14.7. The minimum absolute atomic E-state index is 0.117. The Kier molecular flexibility index (Phi) is 7.12. The van der Waals surface area contributed by atoms with E-state index in [2.05, 4.69) is 10.3 Å². The normalized spacial score (nSPS) is 18.3. The summed E-state index contributed by atoms with van der Waals surface area (Å²) in [6.45, 7) is 8.60. The number of aromatic nitrogens is 2. The van der Waals surface area contributed by atoms with E-state index in [1.54, 1.807) is 46.5 Å². The van der Waals surface area contributed by atoms with Crippen molar-refractivity contribution in [1.82, 2.24) is 29.8 Å². The number of carbonyl (C=O) groups is 3. The van der Waals surface area contributed by atoms with E-state index in [9.17, 15) is 14.4 Å². The molecule has 3 rings (SSSR count). The Bertz CT molecular complexity index is 835. The van der Waals surface area contributed by atoms with Gasteiger partial charge in [0.05, 0.1) is 25.0 Å². The predicted molar refractivity (Wildman–Crippen MR) is 116 cm³/mol. The van der Waals surface area contributed by atoms with Gasteiger partial charge in [0, 0.05) is 43.8 Å². The highest BCUT2D eigenvalue weighted by Crippen LogP contribution is 2.30. The van der Waals surface area contributed by atoms with E-state index < -0.39 is 16.8 Å². The second kappa shape index (κ2) is 9.45. The van der Waals surface area contributed by atoms with E-state index in [-0.39, 0.29) is 11.9 Å². The molecule has 0 aromatic carbocycles. The van der Waals surface area contributed by atoms with Crippen LogP contribution in [0, 0.1) is 6.92 Å². The Hall–Kier alpha value is -2.31. The summed E-state index contributed by atoms with van der Waals surface area (Å²) in [4.78, 5) is 43.5. The van der Waals surface area contributed by atoms with E-state index in [0.29, 0.717) is 50.9 Å². The minimum atomic E-state index is -0.763. The van der Waals surface area contributed by atoms with Crippen LogP contribution < -0.4 is 11.1 Å². The van der Waals surface area contributed by atoms with E-state index in [1.165, 1.54) is 0 Å². The summed E-state index contributed by atoms with van der Waals surface area (Å²) in [5.41, 5.74) is 6.22. The van der Waals surface area contributed by atoms with Gasteiger partial charge in [-0.1, -0.05) is 0 Å². The number of urea groups is 1. The molecule has 11 nitrogen and oxygen atoms in total. The van der Waals surface area contributed by atoms with Crippen molar-refractivity contribution in [2.45, 2.75) is 38.1 Å². The molecule has 0 radical (unpaired) electrons. The molecule has 0 unspecified atom stereocenters. The van der Waals surface area contributed by atoms with Gasteiger partial charge in [-0.05, 0) is 20.8 Å². The lowest BCUT2D eigenvalue weighted by Gasteiger charge is -2.42. The second-order valence-corrected chi connectivity index (χ2v) is 9.89. The molecule has 1 saturated heterocycles. The summed E-state index contributed by atoms with van der Waals surface area (Å²) in [6, 6.07) is -1.61. The largest absolute Gasteiger partial charge is 0.384 e. The van der Waals surface area contributed by atoms with E-state index in [0.717, 1.165) is 5.69 Å². The molecule has 0 spiro atoms. The molecule has 3 heterocycles. The molecule has 1 atom stereocenters. The average Bonchev–Trinajstić information content (AvgIpc) is 3.25. The van der Waals surface area contributed by atoms with Gasteiger partial charge >= 0.3 is 12.1 Å². The number of nitrogens with one attached hydrogen (secondary N) is 1. The van der Waals surface area contributed by atoms with Crippen molar-refractivity contribution >= 4 is 29.7 Å². The van der Waals surface area contributed by atoms with Crippen LogP contribution in [0.4, 0.5) is 9.59 Å². The Morgan fingerprint density at radius 1 is 1.32 bits per heavy atom. The number of hydrazine groups is 1. The van der Waals surface area contributed by atoms with Crippen molar-refractivity contribution in [1.29, 1.82) is 0 Å². The molecule has 31 heavy (non-hydrogen) atoms. The number of hydrogen-bond acceptors (Lipinski definition) is 7. The third-order valence-electron chi connectivity index (χ3n) is 5.63. The summed E-state index contributed by atoms with van der Waals surface area (Å²) in [5, 5.41) is 6.30. The molecule has 0 bridgehead atoms. The molecular formula is C19H31N7O4S. The smallest absolute Gasteiger partial charge is 0.344 e. The maximum atomic E-state index is 13.3. The number of hydrogen-bond donors (Lipinski definition) is 2. The fraction of sp³-hybridized carbons (Fsp3) is 0.684. The third kappa shape index (κ3) is 4.96. The molecule has 1 aromatic heterocycles. The number of imidazole rings is 1. The first-order valence-corrected chi connectivity index (χ1v) is 11.2. The molecule has 3 N–H and O–H groups in total. The highest BCUT2D eigenvalue weighted by atomic mass is 32.2. The summed E-state index contributed by atoms with van der Waals surface area (Å²) in [6.07, 6.45) is 1.72. The van der Waals surface area contributed by atoms with E-state index in [4.69, 9.17) is 10.5 Å². The maximum Gasteiger partial charge on any atom is 0.344 e. The number of ether oxygens (including phenoxy) is 1. The van der Waals surface area contributed by atoms with Crippen LogP contribution in [0.2, 0.25) is 0 Å². The van der Waals surface area contributed by atoms with Crippen molar-refractivity contribution in [2.75, 3.05) is 45.6 Å². The van der Waals surface area contributed by atoms with Gasteiger partial charge in [-0.3, -0.25) is 9.80 Å². The SMILES string of the molecule is COCCSC(C)(C)[C@@H](NC(N)=O)C(=O)N1CCN(N2Cc3cnc(C)n3C2=O)CC1. The topological polar surface area (TPSA) is 126 Å². The molecule has 1 fully saturated rings. The number of amides is 4. The standard InChI is InChI=1S/C19H31N7O4S/c1-13-21-11-14-12-25(18(29)26(13)14)24-7-5-23(6-8-24)16(27)15(22-17(20)28)19(2,3)31-10-9-30-4/h11,15H,5-10,12H2,1-4H3,(H3,20,22,28)/t15-/m0/s1. The van der Waals surface area contributed by atoms with Crippen LogP contribution in [0.3, 0.4) is 0 Å². The number of methoxy groups -OCH3 is 1. The molecule has 1 aromatic rings. The van der Waals surface area contributed by atoms with Crippen LogP contribution in [0.1, 0.15) is 25.4 Å². The lowest BCUT2D eigenvalue weighted by Crippen LogP contribution is -2.62. The predicted octanol–water partition coefficient (Wildman–Crippen LogP) is 0.230. The van der Waals surface area contributed by atoms with Gasteiger partial charge in [0.2, 0.25) is 5.91 Å². The van der Waals surface area contributed by atoms with Crippen molar-refractivity contribution in [2.24, 2.45) is 5.73 Å². The Balaban J connectivity index is 1.62. The van der Waals surface area contributed by atoms with Gasteiger partial charge in [-0.2, -0.15) is 11.8 Å². The fourth-order valence-electron chi connectivity index (χ4n) is 3.91. The number of piperazine rings is 1. The molecule has 0 aliphatic carbocycles. The lowest BCUT2D eigenvalue weighted by atomic mass is 10.0. The molecule has 12 heteroatoms. The average molecular weight is 454 g/mol. The van der Waals surface area contributed by atoms with Crippen molar-refractivity contribution in [3.8, 4) is 0 Å². The summed E-state index contributed by atoms with van der Waals surface area (Å²) >= 11 is 1.55. The number of thioether (sulfide) groups is 1. The molecular weight excluding hydrogens is 422 g/mol. The van der Waals surface area contributed by atoms with Gasteiger partial charge in [0.15, 0.2) is 0 Å². The number of nitrogens with zero attached hydrogens (tertiary/aromatic N) is 5. The van der Waals surface area contributed by atoms with E-state index in [1.807, 2.05) is 18.9 Å². The second-order valence-electron chi connectivity index (χ2n) is 8.14. The molecule has 0 saturated carbocycles. The van der Waals surface area contributed by atoms with Crippen LogP contribution in [0.25, 0.3) is 0 Å². The Morgan fingerprint density at radius 3 is 2.58 bits per heavy atom. The van der Waals surface area contributed by atoms with Crippen molar-refractivity contribution < 1.29 is 19.1 Å². The molecule has 2 aliphatic rings. The lowest BCUT2D eigenvalue weighted by molar-refractivity contribution is -0.137. The zero-order valence-corrected chi connectivity index (χ0v) is 19.3. The highest BCUT2D eigenvalue weighted by molar-refractivity contribution is 8.00. The van der Waals surface area contributed by atoms with Crippen LogP contribution >= 0.6 is 11.8 Å². The monoisotopic (exact) mass is 453 g/mol. The van der Waals surface area contributed by atoms with Gasteiger partial charge in [0.25, 0.3) is 0 Å². The zero-order valence-electron chi connectivity index (χ0n) is 18.5. The van der Waals surface area contributed by atoms with Crippen molar-refractivity contribution in [3.63, 3.8) is 0 Å². The number of carbonyl (C=O) groups excluding carboxylic acids is 3. The minimum Gasteiger partial charge on any atom is -0.384 e. The maximum absolute atomic E-state index is 13.3. The van der Waals surface area contributed by atoms with E-state index >= 15 is 0 Å². The van der Waals surface area contributed by atoms with Crippen LogP contribution in [0.5, 0.6) is 0 Å². The first-order valence-electron chi connectivity index (χ1n) is 10.2. The Labute approximate surface area is 186 Å². The molecule has 2 aliphatic heterocycles. The van der Waals surface area contributed by atoms with Crippen LogP contribution in [-0.4, -0.2) is 98.9 Å². The number of fused-ring (bicyclic) bond motifs is 1. The van der Waals surface area contributed by atoms with Gasteiger partial charge < -0.3 is 20.7 Å². The summed E-state index contributed by atoms with van der Waals surface area (Å²) < 4.78 is 6.14. The van der Waals surface area contributed by atoms with Crippen molar-refractivity contribution in [3.05, 3.63) is 17.7 Å². The first kappa shape index (κ1) is 23.4. The summed E-state index contributed by atoms with van der Waals surface area (Å²) in [5.74, 6) is 1.19. The molecule has 4 amide bonds. The van der Waals surface area contributed by atoms with Crippen LogP contribution in [-0.2, 0) is 16.1 Å². The molecule has 172 valence electrons. The number of aryl methyl sites for hydroxylation is 1. The third-order valence-corrected chi connectivity index (χ3v) is 6.99. The Morgan fingerprint density at radius 2 is 2.00 bits per heavy atom. The van der Waals surface area contributed by atoms with Gasteiger partial charge in [0.1, 0.15) is 11.9 Å². The fourth-order valence-corrected chi connectivity index (χ4v) is 5.01. The number of nitrogens with two attached hydrogens (primary N) is 1. The summed E-state index contributed by atoms with van der Waals surface area (Å²) in [7, 11) is 1.62. The van der Waals surface area contributed by atoms with Gasteiger partial charge in [-0.15, -0.1) is 0 Å². The highest BCUT2D eigenvalue weighted by Gasteiger charge is 2.41. The number of rotatable bonds is 8. The van der Waals surface area contributed by atoms with Gasteiger partial charge in [-0.25, -0.2) is 24.1 Å².